The van der Waals surface area contributed by atoms with E-state index in [2.05, 4.69) is 15.3 Å². The molecule has 1 aromatic carbocycles. The first-order valence-corrected chi connectivity index (χ1v) is 6.64. The summed E-state index contributed by atoms with van der Waals surface area (Å²) in [4.78, 5) is 23.8. The molecular formula is C14H12N2O3S. The molecule has 1 N–H and O–H groups in total. The second-order valence-corrected chi connectivity index (χ2v) is 4.70. The predicted molar refractivity (Wildman–Crippen MR) is 77.2 cm³/mol. The number of esters is 1. The Hall–Kier alpha value is -2.47. The smallest absolute Gasteiger partial charge is 0.338 e. The fourth-order valence-electron chi connectivity index (χ4n) is 1.53. The number of amides is 1. The molecule has 0 saturated heterocycles. The summed E-state index contributed by atoms with van der Waals surface area (Å²) >= 11 is 1.33. The van der Waals surface area contributed by atoms with Crippen molar-refractivity contribution in [1.82, 2.24) is 5.43 Å². The zero-order valence-electron chi connectivity index (χ0n) is 10.7. The van der Waals surface area contributed by atoms with Crippen LogP contribution in [0.5, 0.6) is 0 Å². The molecule has 0 fully saturated rings. The third-order valence-corrected chi connectivity index (χ3v) is 3.35. The summed E-state index contributed by atoms with van der Waals surface area (Å²) in [5, 5.41) is 5.66. The van der Waals surface area contributed by atoms with Crippen LogP contribution >= 0.6 is 11.3 Å². The lowest BCUT2D eigenvalue weighted by Gasteiger charge is -2.02. The normalized spacial score (nSPS) is 10.4. The van der Waals surface area contributed by atoms with Crippen LogP contribution in [0, 0.1) is 0 Å². The molecule has 6 heteroatoms. The quantitative estimate of drug-likeness (QED) is 0.533. The first-order valence-electron chi connectivity index (χ1n) is 5.76. The number of hydrazone groups is 1. The van der Waals surface area contributed by atoms with E-state index in [9.17, 15) is 9.59 Å². The van der Waals surface area contributed by atoms with Crippen molar-refractivity contribution in [3.63, 3.8) is 0 Å². The summed E-state index contributed by atoms with van der Waals surface area (Å²) in [5.74, 6) is -0.733. The number of thiophene rings is 1. The minimum atomic E-state index is -0.448. The molecule has 2 aromatic rings. The van der Waals surface area contributed by atoms with E-state index in [-0.39, 0.29) is 5.91 Å². The van der Waals surface area contributed by atoms with Gasteiger partial charge in [0.05, 0.1) is 23.8 Å². The number of carbonyl (C=O) groups is 2. The maximum absolute atomic E-state index is 11.7. The maximum Gasteiger partial charge on any atom is 0.338 e. The zero-order chi connectivity index (χ0) is 14.4. The lowest BCUT2D eigenvalue weighted by Crippen LogP contribution is -2.16. The van der Waals surface area contributed by atoms with Gasteiger partial charge in [-0.1, -0.05) is 24.3 Å². The number of hydrogen-bond donors (Lipinski definition) is 1. The van der Waals surface area contributed by atoms with E-state index in [1.165, 1.54) is 24.7 Å². The molecule has 0 unspecified atom stereocenters. The highest BCUT2D eigenvalue weighted by Gasteiger charge is 2.09. The first kappa shape index (κ1) is 14.0. The van der Waals surface area contributed by atoms with Crippen molar-refractivity contribution in [3.8, 4) is 0 Å². The number of hydrogen-bond acceptors (Lipinski definition) is 5. The Bertz CT molecular complexity index is 636. The minimum Gasteiger partial charge on any atom is -0.465 e. The summed E-state index contributed by atoms with van der Waals surface area (Å²) < 4.78 is 4.68. The SMILES string of the molecule is COC(=O)c1ccccc1/C=N\NC(=O)c1cccs1. The van der Waals surface area contributed by atoms with Crippen LogP contribution in [0.2, 0.25) is 0 Å². The van der Waals surface area contributed by atoms with E-state index < -0.39 is 5.97 Å². The van der Waals surface area contributed by atoms with Crippen LogP contribution in [0.4, 0.5) is 0 Å². The zero-order valence-corrected chi connectivity index (χ0v) is 11.5. The number of rotatable bonds is 4. The van der Waals surface area contributed by atoms with E-state index >= 15 is 0 Å². The topological polar surface area (TPSA) is 67.8 Å². The highest BCUT2D eigenvalue weighted by Crippen LogP contribution is 2.09. The third kappa shape index (κ3) is 3.30. The van der Waals surface area contributed by atoms with Crippen LogP contribution < -0.4 is 5.43 Å². The van der Waals surface area contributed by atoms with E-state index in [0.29, 0.717) is 16.0 Å². The van der Waals surface area contributed by atoms with Gasteiger partial charge in [-0.05, 0) is 17.5 Å². The Morgan fingerprint density at radius 3 is 2.75 bits per heavy atom. The fraction of sp³-hybridized carbons (Fsp3) is 0.0714. The molecule has 1 aromatic heterocycles. The standard InChI is InChI=1S/C14H12N2O3S/c1-19-14(18)11-6-3-2-5-10(11)9-15-16-13(17)12-7-4-8-20-12/h2-9H,1H3,(H,16,17)/b15-9-. The Labute approximate surface area is 119 Å². The number of nitrogens with one attached hydrogen (secondary N) is 1. The van der Waals surface area contributed by atoms with E-state index in [1.807, 2.05) is 5.38 Å². The Balaban J connectivity index is 2.08. The molecule has 0 saturated carbocycles. The van der Waals surface area contributed by atoms with Crippen LogP contribution in [0.15, 0.2) is 46.9 Å². The van der Waals surface area contributed by atoms with E-state index in [1.54, 1.807) is 36.4 Å². The summed E-state index contributed by atoms with van der Waals surface area (Å²) in [6, 6.07) is 10.3. The van der Waals surface area contributed by atoms with Gasteiger partial charge in [-0.25, -0.2) is 10.2 Å². The van der Waals surface area contributed by atoms with Gasteiger partial charge >= 0.3 is 5.97 Å². The Morgan fingerprint density at radius 1 is 1.25 bits per heavy atom. The van der Waals surface area contributed by atoms with Gasteiger partial charge in [-0.3, -0.25) is 4.79 Å². The van der Waals surface area contributed by atoms with Crippen LogP contribution in [-0.4, -0.2) is 25.2 Å². The van der Waals surface area contributed by atoms with Gasteiger partial charge in [-0.15, -0.1) is 11.3 Å². The van der Waals surface area contributed by atoms with E-state index in [0.717, 1.165) is 0 Å². The van der Waals surface area contributed by atoms with Gasteiger partial charge in [0.15, 0.2) is 0 Å². The molecule has 1 amide bonds. The lowest BCUT2D eigenvalue weighted by molar-refractivity contribution is 0.0600. The predicted octanol–water partition coefficient (Wildman–Crippen LogP) is 2.30. The molecule has 2 rings (SSSR count). The number of nitrogens with zero attached hydrogens (tertiary/aromatic N) is 1. The molecular weight excluding hydrogens is 276 g/mol. The summed E-state index contributed by atoms with van der Waals surface area (Å²) in [6.07, 6.45) is 1.41. The van der Waals surface area contributed by atoms with Crippen molar-refractivity contribution in [1.29, 1.82) is 0 Å². The number of carbonyl (C=O) groups excluding carboxylic acids is 2. The van der Waals surface area contributed by atoms with Crippen molar-refractivity contribution < 1.29 is 14.3 Å². The second-order valence-electron chi connectivity index (χ2n) is 3.76. The molecule has 20 heavy (non-hydrogen) atoms. The van der Waals surface area contributed by atoms with Crippen molar-refractivity contribution in [2.24, 2.45) is 5.10 Å². The molecule has 0 radical (unpaired) electrons. The number of ether oxygens (including phenoxy) is 1. The molecule has 5 nitrogen and oxygen atoms in total. The lowest BCUT2D eigenvalue weighted by atomic mass is 10.1. The molecule has 0 aliphatic carbocycles. The van der Waals surface area contributed by atoms with E-state index in [4.69, 9.17) is 0 Å². The average Bonchev–Trinajstić information content (AvgIpc) is 3.01. The maximum atomic E-state index is 11.7. The molecule has 102 valence electrons. The van der Waals surface area contributed by atoms with Crippen molar-refractivity contribution in [2.75, 3.05) is 7.11 Å². The molecule has 0 bridgehead atoms. The number of benzene rings is 1. The fourth-order valence-corrected chi connectivity index (χ4v) is 2.14. The summed E-state index contributed by atoms with van der Waals surface area (Å²) in [7, 11) is 1.31. The average molecular weight is 288 g/mol. The van der Waals surface area contributed by atoms with Gasteiger partial charge in [0.1, 0.15) is 0 Å². The van der Waals surface area contributed by atoms with Gasteiger partial charge in [0.25, 0.3) is 5.91 Å². The van der Waals surface area contributed by atoms with Crippen molar-refractivity contribution in [3.05, 3.63) is 57.8 Å². The van der Waals surface area contributed by atoms with Gasteiger partial charge in [0, 0.05) is 5.56 Å². The second kappa shape index (κ2) is 6.63. The molecule has 0 atom stereocenters. The number of methoxy groups -OCH3 is 1. The molecule has 0 aliphatic heterocycles. The van der Waals surface area contributed by atoms with Crippen molar-refractivity contribution in [2.45, 2.75) is 0 Å². The molecule has 1 heterocycles. The third-order valence-electron chi connectivity index (χ3n) is 2.48. The summed E-state index contributed by atoms with van der Waals surface area (Å²) in [5.41, 5.74) is 3.37. The monoisotopic (exact) mass is 288 g/mol. The Morgan fingerprint density at radius 2 is 2.05 bits per heavy atom. The summed E-state index contributed by atoms with van der Waals surface area (Å²) in [6.45, 7) is 0. The van der Waals surface area contributed by atoms with Gasteiger partial charge < -0.3 is 4.74 Å². The Kier molecular flexibility index (Phi) is 4.62. The largest absolute Gasteiger partial charge is 0.465 e. The van der Waals surface area contributed by atoms with Crippen LogP contribution in [0.3, 0.4) is 0 Å². The highest BCUT2D eigenvalue weighted by molar-refractivity contribution is 7.12. The van der Waals surface area contributed by atoms with Gasteiger partial charge in [0.2, 0.25) is 0 Å². The van der Waals surface area contributed by atoms with Gasteiger partial charge in [-0.2, -0.15) is 5.10 Å². The molecule has 0 spiro atoms. The van der Waals surface area contributed by atoms with Crippen LogP contribution in [0.1, 0.15) is 25.6 Å². The minimum absolute atomic E-state index is 0.285. The van der Waals surface area contributed by atoms with Crippen LogP contribution in [-0.2, 0) is 4.74 Å². The molecule has 0 aliphatic rings. The van der Waals surface area contributed by atoms with Crippen molar-refractivity contribution >= 4 is 29.4 Å². The first-order chi connectivity index (χ1) is 9.72. The highest BCUT2D eigenvalue weighted by atomic mass is 32.1. The van der Waals surface area contributed by atoms with Crippen LogP contribution in [0.25, 0.3) is 0 Å².